The van der Waals surface area contributed by atoms with Gasteiger partial charge < -0.3 is 18.6 Å². The van der Waals surface area contributed by atoms with Crippen LogP contribution in [0.25, 0.3) is 27.7 Å². The Morgan fingerprint density at radius 1 is 0.871 bits per heavy atom. The molecule has 4 rings (SSSR count). The van der Waals surface area contributed by atoms with Gasteiger partial charge in [0.2, 0.25) is 0 Å². The number of esters is 2. The summed E-state index contributed by atoms with van der Waals surface area (Å²) in [6.45, 7) is 2.15. The number of rotatable bonds is 7. The van der Waals surface area contributed by atoms with Gasteiger partial charge in [0, 0.05) is 5.56 Å². The number of aromatic nitrogens is 1. The zero-order valence-corrected chi connectivity index (χ0v) is 18.2. The van der Waals surface area contributed by atoms with E-state index in [2.05, 4.69) is 6.92 Å². The summed E-state index contributed by atoms with van der Waals surface area (Å²) in [5, 5.41) is 0. The molecular formula is C25H25NO5. The molecule has 6 heteroatoms. The van der Waals surface area contributed by atoms with Crippen LogP contribution in [0, 0.1) is 0 Å². The molecule has 31 heavy (non-hydrogen) atoms. The van der Waals surface area contributed by atoms with Crippen LogP contribution in [-0.2, 0) is 15.9 Å². The van der Waals surface area contributed by atoms with Gasteiger partial charge >= 0.3 is 11.9 Å². The Balaban J connectivity index is 2.17. The average Bonchev–Trinajstić information content (AvgIpc) is 3.32. The van der Waals surface area contributed by atoms with Gasteiger partial charge in [-0.2, -0.15) is 0 Å². The van der Waals surface area contributed by atoms with Gasteiger partial charge in [0.1, 0.15) is 16.9 Å². The predicted molar refractivity (Wildman–Crippen MR) is 119 cm³/mol. The second-order valence-electron chi connectivity index (χ2n) is 7.40. The largest absolute Gasteiger partial charge is 0.497 e. The monoisotopic (exact) mass is 419 g/mol. The SMILES string of the molecule is CCCCc1c(-c2ccc(OC)cc2)c2c(C(=O)OC)c(C(=O)OC)c3cccc1n32. The maximum atomic E-state index is 12.9. The summed E-state index contributed by atoms with van der Waals surface area (Å²) in [5.41, 5.74) is 5.78. The number of benzene rings is 1. The van der Waals surface area contributed by atoms with Crippen LogP contribution >= 0.6 is 0 Å². The molecule has 4 aromatic rings. The van der Waals surface area contributed by atoms with Crippen molar-refractivity contribution in [1.82, 2.24) is 4.40 Å². The van der Waals surface area contributed by atoms with Gasteiger partial charge in [-0.25, -0.2) is 9.59 Å². The van der Waals surface area contributed by atoms with E-state index in [1.807, 2.05) is 46.9 Å². The zero-order valence-electron chi connectivity index (χ0n) is 18.2. The van der Waals surface area contributed by atoms with Crippen molar-refractivity contribution in [2.24, 2.45) is 0 Å². The maximum absolute atomic E-state index is 12.9. The molecule has 3 heterocycles. The van der Waals surface area contributed by atoms with Crippen molar-refractivity contribution < 1.29 is 23.8 Å². The summed E-state index contributed by atoms with van der Waals surface area (Å²) in [5.74, 6) is -0.376. The van der Waals surface area contributed by atoms with E-state index >= 15 is 0 Å². The van der Waals surface area contributed by atoms with Crippen molar-refractivity contribution in [3.63, 3.8) is 0 Å². The lowest BCUT2D eigenvalue weighted by molar-refractivity contribution is 0.0559. The quantitative estimate of drug-likeness (QED) is 0.389. The fraction of sp³-hybridized carbons (Fsp3) is 0.280. The number of methoxy groups -OCH3 is 3. The second-order valence-corrected chi connectivity index (χ2v) is 7.40. The standard InChI is InChI=1S/C25H25NO5/c1-5-6-8-17-18-9-7-10-19-21(24(27)30-3)22(25(28)31-4)23(26(18)19)20(17)15-11-13-16(29-2)14-12-15/h7,9-14H,5-6,8H2,1-4H3. The van der Waals surface area contributed by atoms with E-state index in [9.17, 15) is 9.59 Å². The Morgan fingerprint density at radius 3 is 2.13 bits per heavy atom. The highest BCUT2D eigenvalue weighted by Crippen LogP contribution is 2.42. The normalized spacial score (nSPS) is 11.2. The van der Waals surface area contributed by atoms with Gasteiger partial charge in [0.15, 0.2) is 0 Å². The first-order chi connectivity index (χ1) is 15.1. The lowest BCUT2D eigenvalue weighted by Crippen LogP contribution is -2.10. The van der Waals surface area contributed by atoms with Crippen molar-refractivity contribution in [2.75, 3.05) is 21.3 Å². The zero-order chi connectivity index (χ0) is 22.1. The number of unbranched alkanes of at least 4 members (excludes halogenated alkanes) is 1. The van der Waals surface area contributed by atoms with Crippen LogP contribution in [0.5, 0.6) is 5.75 Å². The van der Waals surface area contributed by atoms with E-state index in [1.54, 1.807) is 7.11 Å². The molecule has 0 bridgehead atoms. The van der Waals surface area contributed by atoms with E-state index in [4.69, 9.17) is 14.2 Å². The van der Waals surface area contributed by atoms with E-state index in [1.165, 1.54) is 14.2 Å². The molecule has 0 aliphatic rings. The van der Waals surface area contributed by atoms with Crippen LogP contribution in [0.4, 0.5) is 0 Å². The molecule has 0 radical (unpaired) electrons. The van der Waals surface area contributed by atoms with Gasteiger partial charge in [0.25, 0.3) is 0 Å². The Kier molecular flexibility index (Phi) is 5.55. The van der Waals surface area contributed by atoms with Crippen LogP contribution in [-0.4, -0.2) is 37.7 Å². The smallest absolute Gasteiger partial charge is 0.340 e. The van der Waals surface area contributed by atoms with Crippen molar-refractivity contribution in [3.05, 3.63) is 59.2 Å². The molecule has 0 N–H and O–H groups in total. The topological polar surface area (TPSA) is 66.2 Å². The van der Waals surface area contributed by atoms with E-state index in [0.29, 0.717) is 11.0 Å². The first-order valence-electron chi connectivity index (χ1n) is 10.3. The summed E-state index contributed by atoms with van der Waals surface area (Å²) in [4.78, 5) is 25.7. The molecule has 160 valence electrons. The Morgan fingerprint density at radius 2 is 1.52 bits per heavy atom. The van der Waals surface area contributed by atoms with Gasteiger partial charge in [-0.15, -0.1) is 0 Å². The molecule has 0 spiro atoms. The second kappa shape index (κ2) is 8.30. The van der Waals surface area contributed by atoms with Crippen LogP contribution < -0.4 is 4.74 Å². The highest BCUT2D eigenvalue weighted by Gasteiger charge is 2.32. The minimum Gasteiger partial charge on any atom is -0.497 e. The van der Waals surface area contributed by atoms with Crippen LogP contribution in [0.1, 0.15) is 46.0 Å². The molecule has 1 aromatic carbocycles. The number of hydrogen-bond acceptors (Lipinski definition) is 5. The fourth-order valence-corrected chi connectivity index (χ4v) is 4.33. The minimum absolute atomic E-state index is 0.228. The molecule has 0 saturated heterocycles. The first-order valence-corrected chi connectivity index (χ1v) is 10.3. The van der Waals surface area contributed by atoms with E-state index in [-0.39, 0.29) is 11.1 Å². The van der Waals surface area contributed by atoms with E-state index in [0.717, 1.165) is 47.2 Å². The first kappa shape index (κ1) is 20.7. The Hall–Kier alpha value is -3.54. The lowest BCUT2D eigenvalue weighted by Gasteiger charge is -2.09. The van der Waals surface area contributed by atoms with Crippen molar-refractivity contribution in [2.45, 2.75) is 26.2 Å². The summed E-state index contributed by atoms with van der Waals surface area (Å²) >= 11 is 0. The fourth-order valence-electron chi connectivity index (χ4n) is 4.33. The number of ether oxygens (including phenoxy) is 3. The average molecular weight is 419 g/mol. The Labute approximate surface area is 180 Å². The van der Waals surface area contributed by atoms with Gasteiger partial charge in [-0.1, -0.05) is 31.5 Å². The molecule has 0 fully saturated rings. The lowest BCUT2D eigenvalue weighted by atomic mass is 9.95. The number of carbonyl (C=O) groups is 2. The molecule has 0 aliphatic heterocycles. The third-order valence-electron chi connectivity index (χ3n) is 5.74. The molecule has 0 atom stereocenters. The molecule has 6 nitrogen and oxygen atoms in total. The highest BCUT2D eigenvalue weighted by molar-refractivity contribution is 6.18. The summed E-state index contributed by atoms with van der Waals surface area (Å²) in [7, 11) is 4.26. The van der Waals surface area contributed by atoms with Crippen molar-refractivity contribution in [3.8, 4) is 16.9 Å². The van der Waals surface area contributed by atoms with E-state index < -0.39 is 11.9 Å². The van der Waals surface area contributed by atoms with Gasteiger partial charge in [-0.3, -0.25) is 0 Å². The van der Waals surface area contributed by atoms with Gasteiger partial charge in [0.05, 0.1) is 37.9 Å². The molecule has 0 amide bonds. The molecular weight excluding hydrogens is 394 g/mol. The molecule has 0 saturated carbocycles. The highest BCUT2D eigenvalue weighted by atomic mass is 16.5. The number of nitrogens with zero attached hydrogens (tertiary/aromatic N) is 1. The van der Waals surface area contributed by atoms with Crippen molar-refractivity contribution in [1.29, 1.82) is 0 Å². The number of pyridine rings is 1. The van der Waals surface area contributed by atoms with Crippen LogP contribution in [0.15, 0.2) is 42.5 Å². The molecule has 3 aromatic heterocycles. The third-order valence-corrected chi connectivity index (χ3v) is 5.74. The maximum Gasteiger partial charge on any atom is 0.340 e. The van der Waals surface area contributed by atoms with Crippen molar-refractivity contribution >= 4 is 28.5 Å². The molecule has 0 aliphatic carbocycles. The number of aryl methyl sites for hydroxylation is 1. The van der Waals surface area contributed by atoms with Gasteiger partial charge in [-0.05, 0) is 48.2 Å². The third kappa shape index (κ3) is 3.19. The predicted octanol–water partition coefficient (Wildman–Crippen LogP) is 5.12. The van der Waals surface area contributed by atoms with Crippen LogP contribution in [0.2, 0.25) is 0 Å². The minimum atomic E-state index is -0.563. The summed E-state index contributed by atoms with van der Waals surface area (Å²) < 4.78 is 17.4. The number of carbonyl (C=O) groups excluding carboxylic acids is 2. The Bertz CT molecular complexity index is 1250. The van der Waals surface area contributed by atoms with Crippen LogP contribution in [0.3, 0.4) is 0 Å². The number of hydrogen-bond donors (Lipinski definition) is 0. The summed E-state index contributed by atoms with van der Waals surface area (Å²) in [6.07, 6.45) is 2.90. The molecule has 0 unspecified atom stereocenters. The summed E-state index contributed by atoms with van der Waals surface area (Å²) in [6, 6.07) is 13.5.